The highest BCUT2D eigenvalue weighted by Gasteiger charge is 2.38. The first kappa shape index (κ1) is 45.4. The highest BCUT2D eigenvalue weighted by atomic mass is 16.3. The van der Waals surface area contributed by atoms with Gasteiger partial charge in [0.25, 0.3) is 0 Å². The molecule has 1 saturated heterocycles. The normalized spacial score (nSPS) is 23.3. The number of nitrogens with zero attached hydrogens (tertiary/aromatic N) is 1. The van der Waals surface area contributed by atoms with Gasteiger partial charge in [-0.1, -0.05) is 30.3 Å². The summed E-state index contributed by atoms with van der Waals surface area (Å²) in [5.41, 5.74) is 12.0. The quantitative estimate of drug-likeness (QED) is 0.0841. The Bertz CT molecular complexity index is 1420. The van der Waals surface area contributed by atoms with Crippen molar-refractivity contribution in [3.05, 3.63) is 35.9 Å². The Morgan fingerprint density at radius 2 is 1.67 bits per heavy atom. The first-order chi connectivity index (χ1) is 25.6. The molecule has 302 valence electrons. The standard InChI is InChI=1S/C34H55N9O11/c1-19(47)28-33(53)42-26(18-46)32(52)40-23(31(51)39-21(16-44)15-38-25(29(36)49)14-20-8-4-3-5-9-20)10-6-7-13-37-27(48)12-11-24(34(54)43(28)2)41-30(50)22(35)17-45/h3-5,8-9,19,21-26,28,38,44-47H,6-7,10-18,35H2,1-2H3,(H2,36,49)(H,37,48)(H,39,51)(H,40,52)(H,41,50)(H,42,53)/t19?,21-,22+,23+,24+,25+,26+,28+/m1/s1. The molecule has 0 bridgehead atoms. The van der Waals surface area contributed by atoms with Crippen LogP contribution in [0, 0.1) is 0 Å². The van der Waals surface area contributed by atoms with Gasteiger partial charge in [0.05, 0.1) is 38.0 Å². The van der Waals surface area contributed by atoms with E-state index in [-0.39, 0.29) is 45.2 Å². The lowest BCUT2D eigenvalue weighted by molar-refractivity contribution is -0.146. The van der Waals surface area contributed by atoms with Crippen molar-refractivity contribution in [2.24, 2.45) is 11.5 Å². The zero-order valence-corrected chi connectivity index (χ0v) is 30.5. The predicted octanol–water partition coefficient (Wildman–Crippen LogP) is -5.80. The Labute approximate surface area is 313 Å². The smallest absolute Gasteiger partial charge is 0.246 e. The molecule has 0 aromatic heterocycles. The SMILES string of the molecule is CC(O)[C@H]1C(=O)N[C@@H](CO)C(=O)N[C@H](C(=O)N[C@@H](CO)CN[C@@H](Cc2ccccc2)C(N)=O)CCCCNC(=O)CC[C@H](NC(=O)[C@@H](N)CO)C(=O)N1C. The molecule has 2 rings (SSSR count). The van der Waals surface area contributed by atoms with Crippen molar-refractivity contribution in [1.29, 1.82) is 0 Å². The molecule has 1 aromatic carbocycles. The maximum atomic E-state index is 13.6. The lowest BCUT2D eigenvalue weighted by atomic mass is 10.0. The summed E-state index contributed by atoms with van der Waals surface area (Å²) < 4.78 is 0. The number of rotatable bonds is 14. The number of nitrogens with two attached hydrogens (primary N) is 2. The molecule has 8 atom stereocenters. The van der Waals surface area contributed by atoms with Crippen molar-refractivity contribution in [3.63, 3.8) is 0 Å². The van der Waals surface area contributed by atoms with Gasteiger partial charge in [-0.25, -0.2) is 0 Å². The summed E-state index contributed by atoms with van der Waals surface area (Å²) in [7, 11) is 1.15. The van der Waals surface area contributed by atoms with Crippen LogP contribution in [-0.2, 0) is 40.0 Å². The van der Waals surface area contributed by atoms with Crippen LogP contribution in [0.3, 0.4) is 0 Å². The van der Waals surface area contributed by atoms with E-state index in [0.29, 0.717) is 6.42 Å². The predicted molar refractivity (Wildman–Crippen MR) is 192 cm³/mol. The molecule has 54 heavy (non-hydrogen) atoms. The maximum Gasteiger partial charge on any atom is 0.246 e. The Morgan fingerprint density at radius 1 is 0.981 bits per heavy atom. The van der Waals surface area contributed by atoms with Crippen molar-refractivity contribution in [2.75, 3.05) is 40.0 Å². The van der Waals surface area contributed by atoms with Crippen molar-refractivity contribution >= 4 is 41.4 Å². The molecule has 0 radical (unpaired) electrons. The van der Waals surface area contributed by atoms with Crippen LogP contribution in [-0.4, -0.2) is 155 Å². The average Bonchev–Trinajstić information content (AvgIpc) is 3.14. The minimum atomic E-state index is -1.67. The number of hydrogen-bond acceptors (Lipinski definition) is 13. The maximum absolute atomic E-state index is 13.6. The first-order valence-electron chi connectivity index (χ1n) is 17.7. The first-order valence-corrected chi connectivity index (χ1v) is 17.7. The van der Waals surface area contributed by atoms with Crippen LogP contribution in [0.5, 0.6) is 0 Å². The third kappa shape index (κ3) is 14.6. The van der Waals surface area contributed by atoms with Crippen molar-refractivity contribution in [3.8, 4) is 0 Å². The number of likely N-dealkylation sites (N-methyl/N-ethyl adjacent to an activating group) is 1. The van der Waals surface area contributed by atoms with Crippen LogP contribution < -0.4 is 43.4 Å². The molecule has 1 unspecified atom stereocenters. The molecule has 1 heterocycles. The summed E-state index contributed by atoms with van der Waals surface area (Å²) in [5.74, 6) is -5.73. The molecule has 20 nitrogen and oxygen atoms in total. The van der Waals surface area contributed by atoms with Crippen LogP contribution in [0.2, 0.25) is 0 Å². The molecule has 1 aromatic rings. The zero-order valence-electron chi connectivity index (χ0n) is 30.5. The second-order valence-corrected chi connectivity index (χ2v) is 13.1. The molecule has 0 spiro atoms. The molecular formula is C34H55N9O11. The topological polar surface area (TPSA) is 328 Å². The van der Waals surface area contributed by atoms with Gasteiger partial charge < -0.3 is 68.7 Å². The summed E-state index contributed by atoms with van der Waals surface area (Å²) in [4.78, 5) is 92.0. The molecule has 1 aliphatic heterocycles. The summed E-state index contributed by atoms with van der Waals surface area (Å²) in [6.45, 7) is -0.976. The molecule has 1 aliphatic rings. The van der Waals surface area contributed by atoms with E-state index in [1.54, 1.807) is 12.1 Å². The van der Waals surface area contributed by atoms with Gasteiger partial charge in [-0.05, 0) is 44.6 Å². The molecule has 14 N–H and O–H groups in total. The van der Waals surface area contributed by atoms with E-state index in [4.69, 9.17) is 11.5 Å². The lowest BCUT2D eigenvalue weighted by Crippen LogP contribution is -2.62. The number of amides is 7. The van der Waals surface area contributed by atoms with E-state index in [1.807, 2.05) is 18.2 Å². The van der Waals surface area contributed by atoms with Crippen LogP contribution >= 0.6 is 0 Å². The van der Waals surface area contributed by atoms with Gasteiger partial charge in [0, 0.05) is 26.6 Å². The number of primary amides is 1. The zero-order chi connectivity index (χ0) is 40.4. The number of aliphatic hydroxyl groups is 4. The number of aliphatic hydroxyl groups excluding tert-OH is 4. The third-order valence-electron chi connectivity index (χ3n) is 8.79. The number of carbonyl (C=O) groups is 7. The van der Waals surface area contributed by atoms with E-state index in [9.17, 15) is 54.0 Å². The minimum Gasteiger partial charge on any atom is -0.394 e. The van der Waals surface area contributed by atoms with Gasteiger partial charge in [-0.15, -0.1) is 0 Å². The Kier molecular flexibility index (Phi) is 19.5. The Hall–Kier alpha value is -4.73. The minimum absolute atomic E-state index is 0.0236. The molecular weight excluding hydrogens is 710 g/mol. The summed E-state index contributed by atoms with van der Waals surface area (Å²) in [5, 5.41) is 55.3. The summed E-state index contributed by atoms with van der Waals surface area (Å²) >= 11 is 0. The second kappa shape index (κ2) is 23.1. The van der Waals surface area contributed by atoms with Crippen LogP contribution in [0.25, 0.3) is 0 Å². The van der Waals surface area contributed by atoms with E-state index >= 15 is 0 Å². The monoisotopic (exact) mass is 765 g/mol. The summed E-state index contributed by atoms with van der Waals surface area (Å²) in [6, 6.07) is -0.0644. The van der Waals surface area contributed by atoms with Crippen LogP contribution in [0.4, 0.5) is 0 Å². The number of carbonyl (C=O) groups excluding carboxylic acids is 7. The average molecular weight is 766 g/mol. The Morgan fingerprint density at radius 3 is 2.26 bits per heavy atom. The number of hydrogen-bond donors (Lipinski definition) is 12. The molecule has 0 aliphatic carbocycles. The van der Waals surface area contributed by atoms with E-state index in [2.05, 4.69) is 31.9 Å². The third-order valence-corrected chi connectivity index (χ3v) is 8.79. The Balaban J connectivity index is 2.28. The van der Waals surface area contributed by atoms with Gasteiger partial charge >= 0.3 is 0 Å². The molecule has 1 fully saturated rings. The van der Waals surface area contributed by atoms with Crippen molar-refractivity contribution in [2.45, 2.75) is 93.8 Å². The second-order valence-electron chi connectivity index (χ2n) is 13.1. The van der Waals surface area contributed by atoms with Crippen molar-refractivity contribution < 1.29 is 54.0 Å². The largest absolute Gasteiger partial charge is 0.394 e. The highest BCUT2D eigenvalue weighted by Crippen LogP contribution is 2.11. The highest BCUT2D eigenvalue weighted by molar-refractivity contribution is 5.96. The summed E-state index contributed by atoms with van der Waals surface area (Å²) in [6.07, 6.45) is -1.16. The van der Waals surface area contributed by atoms with Gasteiger partial charge in [0.1, 0.15) is 30.2 Å². The fraction of sp³-hybridized carbons (Fsp3) is 0.618. The van der Waals surface area contributed by atoms with Gasteiger partial charge in [0.15, 0.2) is 0 Å². The molecule has 20 heteroatoms. The number of benzene rings is 1. The van der Waals surface area contributed by atoms with Gasteiger partial charge in [-0.3, -0.25) is 33.6 Å². The molecule has 7 amide bonds. The van der Waals surface area contributed by atoms with Gasteiger partial charge in [-0.2, -0.15) is 0 Å². The van der Waals surface area contributed by atoms with Gasteiger partial charge in [0.2, 0.25) is 41.4 Å². The van der Waals surface area contributed by atoms with E-state index in [0.717, 1.165) is 17.5 Å². The van der Waals surface area contributed by atoms with Crippen LogP contribution in [0.15, 0.2) is 30.3 Å². The number of nitrogens with one attached hydrogen (secondary N) is 6. The molecule has 0 saturated carbocycles. The fourth-order valence-corrected chi connectivity index (χ4v) is 5.65. The van der Waals surface area contributed by atoms with E-state index < -0.39 is 110 Å². The van der Waals surface area contributed by atoms with Crippen molar-refractivity contribution in [1.82, 2.24) is 36.8 Å². The van der Waals surface area contributed by atoms with E-state index in [1.165, 1.54) is 6.92 Å². The fourth-order valence-electron chi connectivity index (χ4n) is 5.65. The van der Waals surface area contributed by atoms with Crippen LogP contribution in [0.1, 0.15) is 44.6 Å². The lowest BCUT2D eigenvalue weighted by Gasteiger charge is -2.33.